The second kappa shape index (κ2) is 8.33. The largest absolute Gasteiger partial charge is 0.507 e. The Kier molecular flexibility index (Phi) is 5.47. The molecule has 0 saturated carbocycles. The third-order valence-corrected chi connectivity index (χ3v) is 7.44. The number of allylic oxidation sites excluding steroid dienone is 4. The van der Waals surface area contributed by atoms with E-state index >= 15 is 0 Å². The minimum absolute atomic E-state index is 0.0182. The second-order valence-corrected chi connectivity index (χ2v) is 9.77. The summed E-state index contributed by atoms with van der Waals surface area (Å²) in [5, 5.41) is 27.4. The van der Waals surface area contributed by atoms with Crippen LogP contribution in [0.2, 0.25) is 0 Å². The minimum Gasteiger partial charge on any atom is -0.507 e. The number of hydrogen-bond acceptors (Lipinski definition) is 8. The first kappa shape index (κ1) is 24.3. The Balaban J connectivity index is 1.56. The Bertz CT molecular complexity index is 1500. The molecule has 190 valence electrons. The third kappa shape index (κ3) is 3.45. The van der Waals surface area contributed by atoms with Crippen molar-refractivity contribution in [2.75, 3.05) is 5.32 Å². The number of phenolic OH excluding ortho intramolecular Hbond substituents is 2. The van der Waals surface area contributed by atoms with Crippen LogP contribution in [0.4, 0.5) is 5.69 Å². The molecule has 1 unspecified atom stereocenters. The quantitative estimate of drug-likeness (QED) is 0.285. The Labute approximate surface area is 212 Å². The van der Waals surface area contributed by atoms with E-state index in [2.05, 4.69) is 10.6 Å². The maximum absolute atomic E-state index is 13.9. The maximum Gasteiger partial charge on any atom is 0.246 e. The summed E-state index contributed by atoms with van der Waals surface area (Å²) < 4.78 is 5.78. The molecule has 2 atom stereocenters. The smallest absolute Gasteiger partial charge is 0.246 e. The van der Waals surface area contributed by atoms with E-state index < -0.39 is 40.3 Å². The summed E-state index contributed by atoms with van der Waals surface area (Å²) >= 11 is 0. The normalized spacial score (nSPS) is 23.6. The van der Waals surface area contributed by atoms with Gasteiger partial charge in [0.1, 0.15) is 40.0 Å². The highest BCUT2D eigenvalue weighted by Crippen LogP contribution is 2.57. The van der Waals surface area contributed by atoms with Crippen LogP contribution in [0.5, 0.6) is 17.2 Å². The molecule has 1 amide bonds. The fourth-order valence-corrected chi connectivity index (χ4v) is 5.34. The number of ether oxygens (including phenoxy) is 1. The van der Waals surface area contributed by atoms with Crippen molar-refractivity contribution in [1.82, 2.24) is 5.32 Å². The number of rotatable bonds is 3. The molecule has 9 nitrogen and oxygen atoms in total. The van der Waals surface area contributed by atoms with Gasteiger partial charge in [-0.05, 0) is 52.2 Å². The van der Waals surface area contributed by atoms with E-state index in [-0.39, 0.29) is 45.4 Å². The standard InChI is InChI=1S/C28H26N2O7/c1-12-23(33)21(14(3)31)25-22(24(12)34)28(4)19(37-25)11-18(32)20(26(28)35)13(2)29-17-10-9-15-7-5-6-8-16(15)30-27(17)36/h5-8,11,17,29,33-34H,9-10H2,1-4H3,(H,30,36)/b20-13+/t17?,28-/m1/s1. The Hall–Kier alpha value is -4.40. The van der Waals surface area contributed by atoms with Gasteiger partial charge in [0.05, 0.1) is 11.1 Å². The highest BCUT2D eigenvalue weighted by atomic mass is 16.5. The molecule has 2 heterocycles. The van der Waals surface area contributed by atoms with Gasteiger partial charge in [-0.1, -0.05) is 18.2 Å². The van der Waals surface area contributed by atoms with Crippen LogP contribution in [0.1, 0.15) is 54.2 Å². The van der Waals surface area contributed by atoms with Gasteiger partial charge in [-0.25, -0.2) is 0 Å². The Morgan fingerprint density at radius 2 is 1.84 bits per heavy atom. The molecule has 2 aliphatic heterocycles. The Morgan fingerprint density at radius 3 is 2.54 bits per heavy atom. The van der Waals surface area contributed by atoms with Crippen molar-refractivity contribution in [1.29, 1.82) is 0 Å². The van der Waals surface area contributed by atoms with Crippen molar-refractivity contribution < 1.29 is 34.1 Å². The van der Waals surface area contributed by atoms with Crippen molar-refractivity contribution in [2.45, 2.75) is 52.0 Å². The molecule has 0 fully saturated rings. The number of para-hydroxylation sites is 1. The number of ketones is 3. The van der Waals surface area contributed by atoms with Crippen LogP contribution < -0.4 is 15.4 Å². The number of carbonyl (C=O) groups is 4. The summed E-state index contributed by atoms with van der Waals surface area (Å²) in [5.74, 6) is -3.10. The summed E-state index contributed by atoms with van der Waals surface area (Å²) in [6, 6.07) is 6.79. The van der Waals surface area contributed by atoms with E-state index in [4.69, 9.17) is 4.74 Å². The summed E-state index contributed by atoms with van der Waals surface area (Å²) in [7, 11) is 0. The summed E-state index contributed by atoms with van der Waals surface area (Å²) in [6.07, 6.45) is 2.21. The van der Waals surface area contributed by atoms with Gasteiger partial charge in [0.15, 0.2) is 17.3 Å². The predicted molar refractivity (Wildman–Crippen MR) is 134 cm³/mol. The molecular weight excluding hydrogens is 476 g/mol. The van der Waals surface area contributed by atoms with E-state index in [1.807, 2.05) is 24.3 Å². The zero-order valence-corrected chi connectivity index (χ0v) is 20.8. The first-order valence-electron chi connectivity index (χ1n) is 11.9. The fourth-order valence-electron chi connectivity index (χ4n) is 5.34. The fraction of sp³-hybridized carbons (Fsp3) is 0.286. The van der Waals surface area contributed by atoms with Crippen molar-refractivity contribution in [3.63, 3.8) is 0 Å². The average molecular weight is 503 g/mol. The molecule has 9 heteroatoms. The zero-order valence-electron chi connectivity index (χ0n) is 20.8. The number of aromatic hydroxyl groups is 2. The van der Waals surface area contributed by atoms with E-state index in [1.165, 1.54) is 20.8 Å². The average Bonchev–Trinajstić information content (AvgIpc) is 3.03. The van der Waals surface area contributed by atoms with Gasteiger partial charge in [0, 0.05) is 23.0 Å². The number of amides is 1. The van der Waals surface area contributed by atoms with Crippen LogP contribution in [0.3, 0.4) is 0 Å². The number of hydrogen-bond donors (Lipinski definition) is 4. The van der Waals surface area contributed by atoms with Gasteiger partial charge in [-0.3, -0.25) is 19.2 Å². The van der Waals surface area contributed by atoms with Crippen LogP contribution in [-0.4, -0.2) is 39.5 Å². The summed E-state index contributed by atoms with van der Waals surface area (Å²) in [5.41, 5.74) is 0.0137. The van der Waals surface area contributed by atoms with E-state index in [9.17, 15) is 29.4 Å². The molecule has 0 radical (unpaired) electrons. The molecule has 2 aromatic rings. The highest BCUT2D eigenvalue weighted by Gasteiger charge is 2.56. The van der Waals surface area contributed by atoms with Gasteiger partial charge < -0.3 is 25.6 Å². The van der Waals surface area contributed by atoms with Gasteiger partial charge in [-0.15, -0.1) is 0 Å². The van der Waals surface area contributed by atoms with Crippen molar-refractivity contribution in [3.05, 3.63) is 69.6 Å². The van der Waals surface area contributed by atoms with Crippen LogP contribution in [0, 0.1) is 6.92 Å². The summed E-state index contributed by atoms with van der Waals surface area (Å²) in [6.45, 7) is 5.71. The molecule has 0 bridgehead atoms. The molecule has 2 aromatic carbocycles. The maximum atomic E-state index is 13.9. The van der Waals surface area contributed by atoms with Crippen molar-refractivity contribution in [3.8, 4) is 17.2 Å². The lowest BCUT2D eigenvalue weighted by molar-refractivity contribution is -0.124. The molecule has 37 heavy (non-hydrogen) atoms. The topological polar surface area (TPSA) is 142 Å². The van der Waals surface area contributed by atoms with Crippen LogP contribution in [-0.2, 0) is 26.2 Å². The SMILES string of the molecule is CC(=O)c1c(O)c(C)c(O)c2c1OC1=CC(=O)/C(=C(/C)NC3CCc4ccccc4NC3=O)C(=O)[C@]12C. The third-order valence-electron chi connectivity index (χ3n) is 7.44. The van der Waals surface area contributed by atoms with Gasteiger partial charge in [-0.2, -0.15) is 0 Å². The van der Waals surface area contributed by atoms with Crippen LogP contribution >= 0.6 is 0 Å². The molecular formula is C28H26N2O7. The number of fused-ring (bicyclic) bond motifs is 4. The number of phenols is 2. The molecule has 3 aliphatic rings. The number of Topliss-reactive ketones (excluding diaryl/α,β-unsaturated/α-hetero) is 2. The van der Waals surface area contributed by atoms with Gasteiger partial charge in [0.2, 0.25) is 5.91 Å². The van der Waals surface area contributed by atoms with Crippen molar-refractivity contribution >= 4 is 28.9 Å². The monoisotopic (exact) mass is 502 g/mol. The zero-order chi connectivity index (χ0) is 26.8. The molecule has 0 spiro atoms. The predicted octanol–water partition coefficient (Wildman–Crippen LogP) is 3.11. The van der Waals surface area contributed by atoms with E-state index in [0.29, 0.717) is 12.8 Å². The lowest BCUT2D eigenvalue weighted by Gasteiger charge is -2.29. The minimum atomic E-state index is -1.61. The number of nitrogens with one attached hydrogen (secondary N) is 2. The van der Waals surface area contributed by atoms with Crippen molar-refractivity contribution in [2.24, 2.45) is 0 Å². The van der Waals surface area contributed by atoms with Crippen LogP contribution in [0.15, 0.2) is 47.4 Å². The number of benzene rings is 2. The number of anilines is 1. The second-order valence-electron chi connectivity index (χ2n) is 9.77. The molecule has 0 aromatic heterocycles. The van der Waals surface area contributed by atoms with E-state index in [1.54, 1.807) is 6.92 Å². The lowest BCUT2D eigenvalue weighted by Crippen LogP contribution is -2.44. The first-order chi connectivity index (χ1) is 17.5. The Morgan fingerprint density at radius 1 is 1.14 bits per heavy atom. The lowest BCUT2D eigenvalue weighted by atomic mass is 9.70. The highest BCUT2D eigenvalue weighted by molar-refractivity contribution is 6.31. The van der Waals surface area contributed by atoms with Gasteiger partial charge in [0.25, 0.3) is 0 Å². The molecule has 0 saturated heterocycles. The first-order valence-corrected chi connectivity index (χ1v) is 11.9. The number of aryl methyl sites for hydroxylation is 1. The van der Waals surface area contributed by atoms with E-state index in [0.717, 1.165) is 17.3 Å². The van der Waals surface area contributed by atoms with Gasteiger partial charge >= 0.3 is 0 Å². The molecule has 1 aliphatic carbocycles. The summed E-state index contributed by atoms with van der Waals surface area (Å²) in [4.78, 5) is 52.3. The molecule has 5 rings (SSSR count). The molecule has 4 N–H and O–H groups in total. The van der Waals surface area contributed by atoms with Crippen LogP contribution in [0.25, 0.3) is 0 Å². The number of carbonyl (C=O) groups excluding carboxylic acids is 4.